The van der Waals surface area contributed by atoms with Crippen LogP contribution in [0.25, 0.3) is 0 Å². The molecule has 142 valence electrons. The summed E-state index contributed by atoms with van der Waals surface area (Å²) < 4.78 is 21.1. The third kappa shape index (κ3) is 5.95. The average Bonchev–Trinajstić information content (AvgIpc) is 2.64. The molecule has 25 heavy (non-hydrogen) atoms. The molecule has 1 aliphatic heterocycles. The summed E-state index contributed by atoms with van der Waals surface area (Å²) in [6.45, 7) is 5.07. The molecule has 1 N–H and O–H groups in total. The molecule has 0 aliphatic carbocycles. The zero-order valence-corrected chi connectivity index (χ0v) is 15.8. The van der Waals surface area contributed by atoms with Crippen molar-refractivity contribution in [2.75, 3.05) is 60.7 Å². The Bertz CT molecular complexity index is 525. The molecule has 2 rings (SSSR count). The van der Waals surface area contributed by atoms with Crippen molar-refractivity contribution in [1.29, 1.82) is 0 Å². The van der Waals surface area contributed by atoms with E-state index in [4.69, 9.17) is 18.9 Å². The highest BCUT2D eigenvalue weighted by Crippen LogP contribution is 2.38. The lowest BCUT2D eigenvalue weighted by molar-refractivity contribution is 0.0374. The van der Waals surface area contributed by atoms with Crippen molar-refractivity contribution in [3.8, 4) is 17.2 Å². The van der Waals surface area contributed by atoms with Crippen molar-refractivity contribution >= 4 is 18.3 Å². The van der Waals surface area contributed by atoms with Gasteiger partial charge in [-0.1, -0.05) is 0 Å². The number of nitrogens with zero attached hydrogens (tertiary/aromatic N) is 1. The highest BCUT2D eigenvalue weighted by atomic mass is 35.5. The van der Waals surface area contributed by atoms with Crippen molar-refractivity contribution < 1.29 is 23.7 Å². The van der Waals surface area contributed by atoms with Crippen molar-refractivity contribution in [2.45, 2.75) is 6.42 Å². The lowest BCUT2D eigenvalue weighted by Crippen LogP contribution is -2.38. The van der Waals surface area contributed by atoms with Gasteiger partial charge in [0.15, 0.2) is 11.5 Å². The summed E-state index contributed by atoms with van der Waals surface area (Å²) >= 11 is 0. The number of hydrogen-bond donors (Lipinski definition) is 1. The molecule has 0 saturated carbocycles. The van der Waals surface area contributed by atoms with E-state index in [2.05, 4.69) is 10.2 Å². The summed E-state index contributed by atoms with van der Waals surface area (Å²) in [7, 11) is 4.59. The van der Waals surface area contributed by atoms with E-state index in [0.717, 1.165) is 39.3 Å². The number of methoxy groups -OCH3 is 3. The first-order chi connectivity index (χ1) is 11.7. The minimum atomic E-state index is -0.156. The van der Waals surface area contributed by atoms with Gasteiger partial charge in [-0.05, 0) is 25.1 Å². The Labute approximate surface area is 155 Å². The Morgan fingerprint density at radius 2 is 1.72 bits per heavy atom. The Balaban J connectivity index is 0.00000312. The Hall–Kier alpha value is -1.70. The van der Waals surface area contributed by atoms with Crippen LogP contribution >= 0.6 is 12.4 Å². The van der Waals surface area contributed by atoms with Crippen LogP contribution in [-0.2, 0) is 4.74 Å². The molecule has 0 unspecified atom stereocenters. The van der Waals surface area contributed by atoms with E-state index in [1.165, 1.54) is 21.3 Å². The molecule has 8 heteroatoms. The Morgan fingerprint density at radius 1 is 1.12 bits per heavy atom. The van der Waals surface area contributed by atoms with Gasteiger partial charge in [-0.15, -0.1) is 12.4 Å². The molecule has 0 spiro atoms. The van der Waals surface area contributed by atoms with Gasteiger partial charge in [-0.3, -0.25) is 9.69 Å². The fourth-order valence-electron chi connectivity index (χ4n) is 2.64. The number of hydrogen-bond acceptors (Lipinski definition) is 6. The number of ether oxygens (including phenoxy) is 4. The molecule has 0 atom stereocenters. The first-order valence-corrected chi connectivity index (χ1v) is 8.08. The molecule has 1 aromatic carbocycles. The van der Waals surface area contributed by atoms with Gasteiger partial charge >= 0.3 is 0 Å². The largest absolute Gasteiger partial charge is 0.493 e. The third-order valence-corrected chi connectivity index (χ3v) is 3.97. The first-order valence-electron chi connectivity index (χ1n) is 8.08. The third-order valence-electron chi connectivity index (χ3n) is 3.97. The Morgan fingerprint density at radius 3 is 2.24 bits per heavy atom. The molecule has 0 radical (unpaired) electrons. The SMILES string of the molecule is COc1cc(C(=O)NCCCN2CCOCC2)cc(OC)c1OC.Cl. The number of rotatable bonds is 8. The van der Waals surface area contributed by atoms with E-state index in [0.29, 0.717) is 29.4 Å². The second-order valence-corrected chi connectivity index (χ2v) is 5.48. The van der Waals surface area contributed by atoms with Gasteiger partial charge in [-0.2, -0.15) is 0 Å². The van der Waals surface area contributed by atoms with Gasteiger partial charge in [0.25, 0.3) is 5.91 Å². The number of carbonyl (C=O) groups is 1. The average molecular weight is 375 g/mol. The maximum Gasteiger partial charge on any atom is 0.251 e. The highest BCUT2D eigenvalue weighted by Gasteiger charge is 2.17. The topological polar surface area (TPSA) is 69.3 Å². The number of morpholine rings is 1. The summed E-state index contributed by atoms with van der Waals surface area (Å²) in [6, 6.07) is 3.30. The van der Waals surface area contributed by atoms with Gasteiger partial charge < -0.3 is 24.3 Å². The summed E-state index contributed by atoms with van der Waals surface area (Å²) in [4.78, 5) is 14.7. The van der Waals surface area contributed by atoms with E-state index in [-0.39, 0.29) is 18.3 Å². The van der Waals surface area contributed by atoms with Crippen LogP contribution in [0.3, 0.4) is 0 Å². The number of halogens is 1. The molecule has 1 fully saturated rings. The van der Waals surface area contributed by atoms with Crippen LogP contribution in [0, 0.1) is 0 Å². The van der Waals surface area contributed by atoms with Crippen LogP contribution in [0.4, 0.5) is 0 Å². The molecular weight excluding hydrogens is 348 g/mol. The minimum Gasteiger partial charge on any atom is -0.493 e. The fourth-order valence-corrected chi connectivity index (χ4v) is 2.64. The van der Waals surface area contributed by atoms with Crippen molar-refractivity contribution in [2.24, 2.45) is 0 Å². The van der Waals surface area contributed by atoms with Gasteiger partial charge in [0, 0.05) is 25.2 Å². The van der Waals surface area contributed by atoms with Crippen molar-refractivity contribution in [3.05, 3.63) is 17.7 Å². The molecule has 0 aromatic heterocycles. The normalized spacial score (nSPS) is 14.4. The predicted molar refractivity (Wildman–Crippen MR) is 97.6 cm³/mol. The van der Waals surface area contributed by atoms with E-state index in [9.17, 15) is 4.79 Å². The van der Waals surface area contributed by atoms with Gasteiger partial charge in [0.2, 0.25) is 5.75 Å². The second kappa shape index (κ2) is 11.0. The zero-order valence-electron chi connectivity index (χ0n) is 15.0. The van der Waals surface area contributed by atoms with E-state index in [1.54, 1.807) is 12.1 Å². The van der Waals surface area contributed by atoms with E-state index >= 15 is 0 Å². The van der Waals surface area contributed by atoms with Crippen LogP contribution in [0.1, 0.15) is 16.8 Å². The van der Waals surface area contributed by atoms with Crippen LogP contribution in [-0.4, -0.2) is 71.5 Å². The highest BCUT2D eigenvalue weighted by molar-refractivity contribution is 5.95. The smallest absolute Gasteiger partial charge is 0.251 e. The summed E-state index contributed by atoms with van der Waals surface area (Å²) in [5.74, 6) is 1.26. The number of nitrogens with one attached hydrogen (secondary N) is 1. The molecule has 1 amide bonds. The fraction of sp³-hybridized carbons (Fsp3) is 0.588. The molecule has 1 saturated heterocycles. The van der Waals surface area contributed by atoms with Crippen LogP contribution in [0.5, 0.6) is 17.2 Å². The quantitative estimate of drug-likeness (QED) is 0.697. The molecular formula is C17H27ClN2O5. The summed E-state index contributed by atoms with van der Waals surface area (Å²) in [5.41, 5.74) is 0.482. The number of benzene rings is 1. The van der Waals surface area contributed by atoms with E-state index < -0.39 is 0 Å². The molecule has 7 nitrogen and oxygen atoms in total. The lowest BCUT2D eigenvalue weighted by Gasteiger charge is -2.26. The molecule has 1 aliphatic rings. The Kier molecular flexibility index (Phi) is 9.41. The van der Waals surface area contributed by atoms with Crippen molar-refractivity contribution in [3.63, 3.8) is 0 Å². The van der Waals surface area contributed by atoms with Crippen molar-refractivity contribution in [1.82, 2.24) is 10.2 Å². The minimum absolute atomic E-state index is 0. The standard InChI is InChI=1S/C17H26N2O5.ClH/c1-21-14-11-13(12-15(22-2)16(14)23-3)17(20)18-5-4-6-19-7-9-24-10-8-19;/h11-12H,4-10H2,1-3H3,(H,18,20);1H. The van der Waals surface area contributed by atoms with Gasteiger partial charge in [-0.25, -0.2) is 0 Å². The second-order valence-electron chi connectivity index (χ2n) is 5.48. The molecule has 1 aromatic rings. The summed E-state index contributed by atoms with van der Waals surface area (Å²) in [6.07, 6.45) is 0.899. The number of carbonyl (C=O) groups excluding carboxylic acids is 1. The van der Waals surface area contributed by atoms with Crippen LogP contribution in [0.15, 0.2) is 12.1 Å². The number of amides is 1. The zero-order chi connectivity index (χ0) is 17.4. The molecule has 1 heterocycles. The predicted octanol–water partition coefficient (Wildman–Crippen LogP) is 1.59. The van der Waals surface area contributed by atoms with Gasteiger partial charge in [0.1, 0.15) is 0 Å². The first kappa shape index (κ1) is 21.3. The van der Waals surface area contributed by atoms with E-state index in [1.807, 2.05) is 0 Å². The lowest BCUT2D eigenvalue weighted by atomic mass is 10.1. The maximum atomic E-state index is 12.3. The van der Waals surface area contributed by atoms with Crippen LogP contribution in [0.2, 0.25) is 0 Å². The maximum absolute atomic E-state index is 12.3. The monoisotopic (exact) mass is 374 g/mol. The molecule has 0 bridgehead atoms. The van der Waals surface area contributed by atoms with Crippen LogP contribution < -0.4 is 19.5 Å². The van der Waals surface area contributed by atoms with Gasteiger partial charge in [0.05, 0.1) is 34.5 Å². The summed E-state index contributed by atoms with van der Waals surface area (Å²) in [5, 5.41) is 2.93.